The molecule has 0 spiro atoms. The molecule has 1 aliphatic rings. The van der Waals surface area contributed by atoms with Crippen molar-refractivity contribution in [3.8, 4) is 0 Å². The first kappa shape index (κ1) is 12.1. The summed E-state index contributed by atoms with van der Waals surface area (Å²) in [7, 11) is 0. The number of benzene rings is 1. The summed E-state index contributed by atoms with van der Waals surface area (Å²) in [5.41, 5.74) is 7.17. The molecule has 2 rings (SSSR count). The maximum Gasteiger partial charge on any atom is 0.251 e. The minimum absolute atomic E-state index is 0.0594. The maximum atomic E-state index is 11.9. The summed E-state index contributed by atoms with van der Waals surface area (Å²) in [5, 5.41) is 2.89. The van der Waals surface area contributed by atoms with Crippen LogP contribution in [0.25, 0.3) is 0 Å². The third-order valence-electron chi connectivity index (χ3n) is 2.94. The predicted octanol–water partition coefficient (Wildman–Crippen LogP) is 1.05. The fourth-order valence-electron chi connectivity index (χ4n) is 1.95. The Balaban J connectivity index is 1.89. The summed E-state index contributed by atoms with van der Waals surface area (Å²) in [6, 6.07) is 7.38. The first-order chi connectivity index (χ1) is 8.29. The predicted molar refractivity (Wildman–Crippen MR) is 65.6 cm³/mol. The average molecular weight is 234 g/mol. The van der Waals surface area contributed by atoms with Crippen molar-refractivity contribution in [2.24, 2.45) is 5.73 Å². The lowest BCUT2D eigenvalue weighted by atomic mass is 10.1. The summed E-state index contributed by atoms with van der Waals surface area (Å²) < 4.78 is 5.45. The topological polar surface area (TPSA) is 64.4 Å². The number of rotatable bonds is 4. The van der Waals surface area contributed by atoms with Gasteiger partial charge in [-0.05, 0) is 30.5 Å². The van der Waals surface area contributed by atoms with Crippen molar-refractivity contribution in [1.29, 1.82) is 0 Å². The van der Waals surface area contributed by atoms with E-state index in [1.807, 2.05) is 18.2 Å². The third-order valence-corrected chi connectivity index (χ3v) is 2.94. The molecule has 4 heteroatoms. The lowest BCUT2D eigenvalue weighted by Crippen LogP contribution is -2.31. The van der Waals surface area contributed by atoms with Gasteiger partial charge in [0.05, 0.1) is 6.10 Å². The summed E-state index contributed by atoms with van der Waals surface area (Å²) in [6.07, 6.45) is 2.29. The number of carbonyl (C=O) groups excluding carboxylic acids is 1. The second kappa shape index (κ2) is 5.80. The van der Waals surface area contributed by atoms with E-state index in [9.17, 15) is 4.79 Å². The van der Waals surface area contributed by atoms with Crippen LogP contribution in [-0.2, 0) is 11.3 Å². The van der Waals surface area contributed by atoms with Gasteiger partial charge in [0.2, 0.25) is 0 Å². The molecule has 92 valence electrons. The Morgan fingerprint density at radius 1 is 1.53 bits per heavy atom. The number of ether oxygens (including phenoxy) is 1. The van der Waals surface area contributed by atoms with E-state index in [-0.39, 0.29) is 12.0 Å². The monoisotopic (exact) mass is 234 g/mol. The normalized spacial score (nSPS) is 19.2. The summed E-state index contributed by atoms with van der Waals surface area (Å²) in [5.74, 6) is -0.0594. The van der Waals surface area contributed by atoms with Crippen molar-refractivity contribution < 1.29 is 9.53 Å². The molecular formula is C13H18N2O2. The van der Waals surface area contributed by atoms with Crippen LogP contribution in [0, 0.1) is 0 Å². The fourth-order valence-corrected chi connectivity index (χ4v) is 1.95. The highest BCUT2D eigenvalue weighted by Gasteiger charge is 2.16. The summed E-state index contributed by atoms with van der Waals surface area (Å²) >= 11 is 0. The van der Waals surface area contributed by atoms with E-state index in [1.165, 1.54) is 0 Å². The molecule has 0 saturated carbocycles. The molecule has 0 bridgehead atoms. The molecule has 1 aliphatic heterocycles. The van der Waals surface area contributed by atoms with Gasteiger partial charge in [0.1, 0.15) is 0 Å². The van der Waals surface area contributed by atoms with Gasteiger partial charge in [-0.3, -0.25) is 4.79 Å². The highest BCUT2D eigenvalue weighted by Crippen LogP contribution is 2.11. The van der Waals surface area contributed by atoms with E-state index in [0.29, 0.717) is 18.7 Å². The smallest absolute Gasteiger partial charge is 0.251 e. The molecule has 1 heterocycles. The zero-order valence-corrected chi connectivity index (χ0v) is 9.82. The first-order valence-electron chi connectivity index (χ1n) is 5.98. The Hall–Kier alpha value is -1.39. The zero-order valence-electron chi connectivity index (χ0n) is 9.82. The summed E-state index contributed by atoms with van der Waals surface area (Å²) in [6.45, 7) is 1.85. The van der Waals surface area contributed by atoms with Crippen molar-refractivity contribution in [3.05, 3.63) is 35.4 Å². The van der Waals surface area contributed by atoms with Crippen LogP contribution >= 0.6 is 0 Å². The largest absolute Gasteiger partial charge is 0.376 e. The molecule has 17 heavy (non-hydrogen) atoms. The third kappa shape index (κ3) is 3.28. The van der Waals surface area contributed by atoms with Crippen molar-refractivity contribution in [2.75, 3.05) is 13.2 Å². The molecule has 0 aliphatic carbocycles. The number of amides is 1. The molecule has 1 amide bonds. The van der Waals surface area contributed by atoms with Crippen LogP contribution in [-0.4, -0.2) is 25.2 Å². The Labute approximate surface area is 101 Å². The number of hydrogen-bond acceptors (Lipinski definition) is 3. The quantitative estimate of drug-likeness (QED) is 0.818. The zero-order chi connectivity index (χ0) is 12.1. The Kier molecular flexibility index (Phi) is 4.12. The Morgan fingerprint density at radius 3 is 3.12 bits per heavy atom. The number of nitrogens with one attached hydrogen (secondary N) is 1. The summed E-state index contributed by atoms with van der Waals surface area (Å²) in [4.78, 5) is 11.9. The van der Waals surface area contributed by atoms with Gasteiger partial charge in [-0.25, -0.2) is 0 Å². The van der Waals surface area contributed by atoms with E-state index < -0.39 is 0 Å². The fraction of sp³-hybridized carbons (Fsp3) is 0.462. The number of nitrogens with two attached hydrogens (primary N) is 1. The van der Waals surface area contributed by atoms with Crippen LogP contribution in [0.4, 0.5) is 0 Å². The lowest BCUT2D eigenvalue weighted by molar-refractivity contribution is 0.0857. The SMILES string of the molecule is NCc1cccc(C(=O)NCC2CCCO2)c1. The highest BCUT2D eigenvalue weighted by molar-refractivity contribution is 5.94. The second-order valence-electron chi connectivity index (χ2n) is 4.25. The van der Waals surface area contributed by atoms with E-state index in [2.05, 4.69) is 5.32 Å². The molecule has 1 saturated heterocycles. The van der Waals surface area contributed by atoms with Gasteiger partial charge < -0.3 is 15.8 Å². The van der Waals surface area contributed by atoms with Gasteiger partial charge in [0.25, 0.3) is 5.91 Å². The molecule has 0 radical (unpaired) electrons. The van der Waals surface area contributed by atoms with E-state index in [4.69, 9.17) is 10.5 Å². The van der Waals surface area contributed by atoms with Gasteiger partial charge in [-0.1, -0.05) is 12.1 Å². The van der Waals surface area contributed by atoms with Crippen molar-refractivity contribution >= 4 is 5.91 Å². The average Bonchev–Trinajstić information content (AvgIpc) is 2.89. The molecule has 1 aromatic rings. The van der Waals surface area contributed by atoms with Gasteiger partial charge in [-0.2, -0.15) is 0 Å². The van der Waals surface area contributed by atoms with E-state index in [1.54, 1.807) is 6.07 Å². The van der Waals surface area contributed by atoms with Crippen molar-refractivity contribution in [3.63, 3.8) is 0 Å². The standard InChI is InChI=1S/C13H18N2O2/c14-8-10-3-1-4-11(7-10)13(16)15-9-12-5-2-6-17-12/h1,3-4,7,12H,2,5-6,8-9,14H2,(H,15,16). The molecular weight excluding hydrogens is 216 g/mol. The van der Waals surface area contributed by atoms with Crippen LogP contribution in [0.2, 0.25) is 0 Å². The number of carbonyl (C=O) groups is 1. The lowest BCUT2D eigenvalue weighted by Gasteiger charge is -2.11. The molecule has 1 fully saturated rings. The number of hydrogen-bond donors (Lipinski definition) is 2. The Morgan fingerprint density at radius 2 is 2.41 bits per heavy atom. The van der Waals surface area contributed by atoms with Crippen LogP contribution in [0.15, 0.2) is 24.3 Å². The van der Waals surface area contributed by atoms with E-state index >= 15 is 0 Å². The second-order valence-corrected chi connectivity index (χ2v) is 4.25. The van der Waals surface area contributed by atoms with Crippen LogP contribution in [0.1, 0.15) is 28.8 Å². The van der Waals surface area contributed by atoms with Gasteiger partial charge >= 0.3 is 0 Å². The van der Waals surface area contributed by atoms with Crippen LogP contribution in [0.5, 0.6) is 0 Å². The van der Waals surface area contributed by atoms with E-state index in [0.717, 1.165) is 25.0 Å². The van der Waals surface area contributed by atoms with Gasteiger partial charge in [-0.15, -0.1) is 0 Å². The van der Waals surface area contributed by atoms with Crippen LogP contribution in [0.3, 0.4) is 0 Å². The molecule has 0 aromatic heterocycles. The first-order valence-corrected chi connectivity index (χ1v) is 5.98. The highest BCUT2D eigenvalue weighted by atomic mass is 16.5. The minimum Gasteiger partial charge on any atom is -0.376 e. The molecule has 1 unspecified atom stereocenters. The van der Waals surface area contributed by atoms with Gasteiger partial charge in [0, 0.05) is 25.3 Å². The van der Waals surface area contributed by atoms with Crippen molar-refractivity contribution in [2.45, 2.75) is 25.5 Å². The van der Waals surface area contributed by atoms with Gasteiger partial charge in [0.15, 0.2) is 0 Å². The molecule has 1 aromatic carbocycles. The molecule has 1 atom stereocenters. The minimum atomic E-state index is -0.0594. The van der Waals surface area contributed by atoms with Crippen LogP contribution < -0.4 is 11.1 Å². The molecule has 4 nitrogen and oxygen atoms in total. The molecule has 3 N–H and O–H groups in total. The maximum absolute atomic E-state index is 11.9. The van der Waals surface area contributed by atoms with Crippen molar-refractivity contribution in [1.82, 2.24) is 5.32 Å². The Bertz CT molecular complexity index is 387.